The highest BCUT2D eigenvalue weighted by atomic mass is 32.2. The summed E-state index contributed by atoms with van der Waals surface area (Å²) in [6.45, 7) is 8.56. The molecule has 2 saturated heterocycles. The summed E-state index contributed by atoms with van der Waals surface area (Å²) in [5.41, 5.74) is 0. The Bertz CT molecular complexity index is 635. The van der Waals surface area contributed by atoms with Gasteiger partial charge in [0.1, 0.15) is 0 Å². The predicted octanol–water partition coefficient (Wildman–Crippen LogP) is 1.33. The van der Waals surface area contributed by atoms with Crippen LogP contribution in [0.3, 0.4) is 0 Å². The molecular weight excluding hydrogens is 358 g/mol. The van der Waals surface area contributed by atoms with E-state index in [0.29, 0.717) is 38.9 Å². The quantitative estimate of drug-likeness (QED) is 0.757. The number of rotatable bonds is 3. The first kappa shape index (κ1) is 21.0. The largest absolute Gasteiger partial charge is 0.481 e. The molecule has 0 aliphatic carbocycles. The van der Waals surface area contributed by atoms with E-state index in [2.05, 4.69) is 5.32 Å². The van der Waals surface area contributed by atoms with Gasteiger partial charge in [0.05, 0.1) is 10.7 Å². The molecule has 2 atom stereocenters. The van der Waals surface area contributed by atoms with E-state index in [4.69, 9.17) is 0 Å². The van der Waals surface area contributed by atoms with Gasteiger partial charge in [0.15, 0.2) is 0 Å². The molecule has 2 N–H and O–H groups in total. The number of carboxylic acids is 1. The van der Waals surface area contributed by atoms with Gasteiger partial charge in [-0.2, -0.15) is 0 Å². The second kappa shape index (κ2) is 7.72. The Balaban J connectivity index is 1.89. The van der Waals surface area contributed by atoms with Crippen molar-refractivity contribution in [1.82, 2.24) is 14.5 Å². The number of likely N-dealkylation sites (tertiary alicyclic amines) is 1. The highest BCUT2D eigenvalue weighted by Gasteiger charge is 2.38. The van der Waals surface area contributed by atoms with Crippen molar-refractivity contribution in [3.8, 4) is 0 Å². The van der Waals surface area contributed by atoms with E-state index in [9.17, 15) is 23.1 Å². The number of nitrogens with zero attached hydrogens (tertiary/aromatic N) is 2. The fourth-order valence-corrected chi connectivity index (χ4v) is 5.06. The summed E-state index contributed by atoms with van der Waals surface area (Å²) >= 11 is 0. The minimum absolute atomic E-state index is 0.0885. The number of carbonyl (C=O) groups excluding carboxylic acids is 1. The monoisotopic (exact) mass is 389 g/mol. The number of hydrogen-bond acceptors (Lipinski definition) is 4. The lowest BCUT2D eigenvalue weighted by Crippen LogP contribution is -2.54. The summed E-state index contributed by atoms with van der Waals surface area (Å²) in [6, 6.07) is -0.339. The SMILES string of the molecule is CC1CC(C(=O)O)CN(C(=O)NC2CCN(S(=O)(=O)C(C)(C)C)CC2)C1. The van der Waals surface area contributed by atoms with Crippen LogP contribution in [0.25, 0.3) is 0 Å². The van der Waals surface area contributed by atoms with Crippen LogP contribution in [-0.4, -0.2) is 71.7 Å². The zero-order chi connectivity index (χ0) is 19.7. The highest BCUT2D eigenvalue weighted by molar-refractivity contribution is 7.90. The van der Waals surface area contributed by atoms with Crippen LogP contribution in [0.2, 0.25) is 0 Å². The third kappa shape index (κ3) is 4.68. The molecule has 2 fully saturated rings. The third-order valence-electron chi connectivity index (χ3n) is 5.19. The molecule has 0 aromatic heterocycles. The molecule has 2 unspecified atom stereocenters. The van der Waals surface area contributed by atoms with Crippen molar-refractivity contribution in [2.24, 2.45) is 11.8 Å². The van der Waals surface area contributed by atoms with Gasteiger partial charge >= 0.3 is 12.0 Å². The van der Waals surface area contributed by atoms with E-state index < -0.39 is 26.7 Å². The van der Waals surface area contributed by atoms with Gasteiger partial charge in [-0.05, 0) is 46.0 Å². The summed E-state index contributed by atoms with van der Waals surface area (Å²) in [4.78, 5) is 25.3. The van der Waals surface area contributed by atoms with Crippen molar-refractivity contribution in [3.05, 3.63) is 0 Å². The molecule has 2 rings (SSSR count). The van der Waals surface area contributed by atoms with E-state index in [1.165, 1.54) is 4.31 Å². The van der Waals surface area contributed by atoms with Crippen molar-refractivity contribution in [3.63, 3.8) is 0 Å². The van der Waals surface area contributed by atoms with E-state index in [0.717, 1.165) is 0 Å². The molecule has 0 bridgehead atoms. The maximum atomic E-state index is 12.5. The first-order chi connectivity index (χ1) is 11.9. The van der Waals surface area contributed by atoms with Crippen molar-refractivity contribution >= 4 is 22.0 Å². The molecule has 0 saturated carbocycles. The van der Waals surface area contributed by atoms with E-state index in [-0.39, 0.29) is 24.5 Å². The normalized spacial score (nSPS) is 26.5. The number of urea groups is 1. The van der Waals surface area contributed by atoms with Crippen LogP contribution in [-0.2, 0) is 14.8 Å². The molecule has 2 heterocycles. The fraction of sp³-hybridized carbons (Fsp3) is 0.882. The Hall–Kier alpha value is -1.35. The molecule has 26 heavy (non-hydrogen) atoms. The maximum Gasteiger partial charge on any atom is 0.317 e. The average Bonchev–Trinajstić information content (AvgIpc) is 2.53. The highest BCUT2D eigenvalue weighted by Crippen LogP contribution is 2.25. The molecule has 0 aromatic carbocycles. The molecule has 2 aliphatic heterocycles. The molecule has 0 aromatic rings. The molecular formula is C17H31N3O5S. The van der Waals surface area contributed by atoms with Gasteiger partial charge in [0.25, 0.3) is 0 Å². The number of amides is 2. The van der Waals surface area contributed by atoms with E-state index in [1.807, 2.05) is 6.92 Å². The predicted molar refractivity (Wildman–Crippen MR) is 98.3 cm³/mol. The third-order valence-corrected chi connectivity index (χ3v) is 7.78. The molecule has 2 aliphatic rings. The van der Waals surface area contributed by atoms with Gasteiger partial charge < -0.3 is 15.3 Å². The zero-order valence-corrected chi connectivity index (χ0v) is 16.9. The van der Waals surface area contributed by atoms with Crippen LogP contribution in [0.15, 0.2) is 0 Å². The Morgan fingerprint density at radius 3 is 2.19 bits per heavy atom. The maximum absolute atomic E-state index is 12.5. The number of sulfonamides is 1. The van der Waals surface area contributed by atoms with Crippen LogP contribution < -0.4 is 5.32 Å². The van der Waals surface area contributed by atoms with Gasteiger partial charge in [-0.3, -0.25) is 4.79 Å². The smallest absolute Gasteiger partial charge is 0.317 e. The Labute approximate surface area is 156 Å². The number of piperidine rings is 2. The molecule has 150 valence electrons. The van der Waals surface area contributed by atoms with E-state index >= 15 is 0 Å². The zero-order valence-electron chi connectivity index (χ0n) is 16.1. The summed E-state index contributed by atoms with van der Waals surface area (Å²) in [6.07, 6.45) is 1.71. The summed E-state index contributed by atoms with van der Waals surface area (Å²) in [7, 11) is -3.35. The number of carboxylic acid groups (broad SMARTS) is 1. The number of nitrogens with one attached hydrogen (secondary N) is 1. The summed E-state index contributed by atoms with van der Waals surface area (Å²) in [5.74, 6) is -1.24. The van der Waals surface area contributed by atoms with Gasteiger partial charge in [0, 0.05) is 32.2 Å². The van der Waals surface area contributed by atoms with Crippen molar-refractivity contribution < 1.29 is 23.1 Å². The fourth-order valence-electron chi connectivity index (χ4n) is 3.59. The van der Waals surface area contributed by atoms with Gasteiger partial charge in [-0.25, -0.2) is 17.5 Å². The van der Waals surface area contributed by atoms with Gasteiger partial charge in [-0.15, -0.1) is 0 Å². The van der Waals surface area contributed by atoms with Gasteiger partial charge in [0.2, 0.25) is 10.0 Å². The Morgan fingerprint density at radius 2 is 1.69 bits per heavy atom. The van der Waals surface area contributed by atoms with Crippen LogP contribution in [0.1, 0.15) is 47.0 Å². The second-order valence-electron chi connectivity index (χ2n) is 8.52. The second-order valence-corrected chi connectivity index (χ2v) is 11.2. The summed E-state index contributed by atoms with van der Waals surface area (Å²) < 4.78 is 25.7. The van der Waals surface area contributed by atoms with Crippen molar-refractivity contribution in [1.29, 1.82) is 0 Å². The lowest BCUT2D eigenvalue weighted by atomic mass is 9.91. The van der Waals surface area contributed by atoms with Crippen LogP contribution in [0.5, 0.6) is 0 Å². The van der Waals surface area contributed by atoms with Gasteiger partial charge in [-0.1, -0.05) is 6.92 Å². The minimum Gasteiger partial charge on any atom is -0.481 e. The first-order valence-electron chi connectivity index (χ1n) is 9.19. The van der Waals surface area contributed by atoms with Crippen molar-refractivity contribution in [2.45, 2.75) is 57.7 Å². The van der Waals surface area contributed by atoms with Crippen molar-refractivity contribution in [2.75, 3.05) is 26.2 Å². The van der Waals surface area contributed by atoms with Crippen LogP contribution in [0, 0.1) is 11.8 Å². The Kier molecular flexibility index (Phi) is 6.22. The first-order valence-corrected chi connectivity index (χ1v) is 10.6. The number of hydrogen-bond donors (Lipinski definition) is 2. The Morgan fingerprint density at radius 1 is 1.12 bits per heavy atom. The topological polar surface area (TPSA) is 107 Å². The summed E-state index contributed by atoms with van der Waals surface area (Å²) in [5, 5.41) is 12.2. The van der Waals surface area contributed by atoms with Crippen LogP contribution in [0.4, 0.5) is 4.79 Å². The van der Waals surface area contributed by atoms with Crippen LogP contribution >= 0.6 is 0 Å². The molecule has 9 heteroatoms. The number of carbonyl (C=O) groups is 2. The minimum atomic E-state index is -3.35. The molecule has 8 nitrogen and oxygen atoms in total. The standard InChI is InChI=1S/C17H31N3O5S/c1-12-9-13(15(21)22)11-19(10-12)16(23)18-14-5-7-20(8-6-14)26(24,25)17(2,3)4/h12-14H,5-11H2,1-4H3,(H,18,23)(H,21,22). The number of aliphatic carboxylic acids is 1. The molecule has 0 radical (unpaired) electrons. The lowest BCUT2D eigenvalue weighted by Gasteiger charge is -2.38. The molecule has 2 amide bonds. The van der Waals surface area contributed by atoms with E-state index in [1.54, 1.807) is 25.7 Å². The lowest BCUT2D eigenvalue weighted by molar-refractivity contribution is -0.143. The average molecular weight is 390 g/mol. The molecule has 0 spiro atoms.